The molecule has 0 saturated carbocycles. The smallest absolute Gasteiger partial charge is 0.00486 e. The fraction of sp³-hybridized carbons (Fsp3) is 1.00. The van der Waals surface area contributed by atoms with Gasteiger partial charge in [-0.05, 0) is 50.3 Å². The summed E-state index contributed by atoms with van der Waals surface area (Å²) >= 11 is 2.13. The summed E-state index contributed by atoms with van der Waals surface area (Å²) in [5.74, 6) is 2.73. The molecule has 1 N–H and O–H groups in total. The largest absolute Gasteiger partial charge is 0.317 e. The lowest BCUT2D eigenvalue weighted by Crippen LogP contribution is -2.15. The van der Waals surface area contributed by atoms with Gasteiger partial charge >= 0.3 is 0 Å². The summed E-state index contributed by atoms with van der Waals surface area (Å²) in [6, 6.07) is 0. The Morgan fingerprint density at radius 3 is 2.14 bits per heavy atom. The number of unbranched alkanes of at least 4 members (excludes halogenated alkanes) is 3. The predicted molar refractivity (Wildman–Crippen MR) is 69.2 cm³/mol. The van der Waals surface area contributed by atoms with E-state index in [-0.39, 0.29) is 0 Å². The monoisotopic (exact) mass is 217 g/mol. The van der Waals surface area contributed by atoms with Crippen LogP contribution in [-0.4, -0.2) is 24.6 Å². The van der Waals surface area contributed by atoms with Gasteiger partial charge in [0.1, 0.15) is 0 Å². The van der Waals surface area contributed by atoms with Gasteiger partial charge < -0.3 is 5.32 Å². The Balaban J connectivity index is 2.78. The van der Waals surface area contributed by atoms with Crippen LogP contribution >= 0.6 is 11.8 Å². The molecule has 0 fully saturated rings. The molecule has 0 bridgehead atoms. The van der Waals surface area contributed by atoms with E-state index in [0.717, 1.165) is 0 Å². The van der Waals surface area contributed by atoms with Crippen LogP contribution in [0.15, 0.2) is 0 Å². The molecule has 0 heterocycles. The topological polar surface area (TPSA) is 12.0 Å². The molecule has 0 rings (SSSR count). The van der Waals surface area contributed by atoms with Gasteiger partial charge in [-0.25, -0.2) is 0 Å². The minimum atomic E-state index is 1.18. The van der Waals surface area contributed by atoms with Crippen LogP contribution in [0.1, 0.15) is 52.4 Å². The minimum Gasteiger partial charge on any atom is -0.317 e. The molecule has 0 aromatic carbocycles. The molecular formula is C12H27NS. The fourth-order valence-electron chi connectivity index (χ4n) is 1.31. The molecule has 0 spiro atoms. The zero-order valence-corrected chi connectivity index (χ0v) is 10.8. The summed E-state index contributed by atoms with van der Waals surface area (Å²) in [6.45, 7) is 6.88. The molecule has 0 aliphatic heterocycles. The van der Waals surface area contributed by atoms with Crippen LogP contribution in [-0.2, 0) is 0 Å². The predicted octanol–water partition coefficient (Wildman–Crippen LogP) is 3.69. The standard InChI is InChI=1S/C12H27NS/c1-3-5-7-11-14-12-8-6-10-13-9-4-2/h13H,3-12H2,1-2H3. The summed E-state index contributed by atoms with van der Waals surface area (Å²) in [5, 5.41) is 3.44. The van der Waals surface area contributed by atoms with Crippen LogP contribution in [0, 0.1) is 0 Å². The molecule has 0 aromatic rings. The highest BCUT2D eigenvalue weighted by Crippen LogP contribution is 2.08. The van der Waals surface area contributed by atoms with E-state index in [2.05, 4.69) is 30.9 Å². The van der Waals surface area contributed by atoms with Crippen molar-refractivity contribution in [2.45, 2.75) is 52.4 Å². The average molecular weight is 217 g/mol. The second-order valence-electron chi connectivity index (χ2n) is 3.78. The molecule has 0 aliphatic carbocycles. The Morgan fingerprint density at radius 2 is 1.50 bits per heavy atom. The van der Waals surface area contributed by atoms with Gasteiger partial charge in [0.2, 0.25) is 0 Å². The van der Waals surface area contributed by atoms with Gasteiger partial charge in [0.05, 0.1) is 0 Å². The first-order chi connectivity index (χ1) is 6.91. The van der Waals surface area contributed by atoms with E-state index in [1.807, 2.05) is 0 Å². The van der Waals surface area contributed by atoms with E-state index < -0.39 is 0 Å². The molecule has 14 heavy (non-hydrogen) atoms. The van der Waals surface area contributed by atoms with Crippen molar-refractivity contribution in [1.29, 1.82) is 0 Å². The third-order valence-electron chi connectivity index (χ3n) is 2.21. The zero-order chi connectivity index (χ0) is 10.5. The van der Waals surface area contributed by atoms with Gasteiger partial charge in [0.15, 0.2) is 0 Å². The maximum absolute atomic E-state index is 3.44. The van der Waals surface area contributed by atoms with Crippen molar-refractivity contribution in [2.75, 3.05) is 24.6 Å². The Hall–Kier alpha value is 0.310. The van der Waals surface area contributed by atoms with Crippen molar-refractivity contribution in [3.8, 4) is 0 Å². The third kappa shape index (κ3) is 12.3. The lowest BCUT2D eigenvalue weighted by Gasteiger charge is -2.03. The third-order valence-corrected chi connectivity index (χ3v) is 3.37. The van der Waals surface area contributed by atoms with Crippen LogP contribution < -0.4 is 5.32 Å². The average Bonchev–Trinajstić information content (AvgIpc) is 2.21. The Kier molecular flexibility index (Phi) is 13.6. The van der Waals surface area contributed by atoms with Crippen molar-refractivity contribution in [3.63, 3.8) is 0 Å². The summed E-state index contributed by atoms with van der Waals surface area (Å²) in [7, 11) is 0. The first kappa shape index (κ1) is 14.3. The normalized spacial score (nSPS) is 10.7. The van der Waals surface area contributed by atoms with E-state index in [1.54, 1.807) is 0 Å². The number of hydrogen-bond acceptors (Lipinski definition) is 2. The quantitative estimate of drug-likeness (QED) is 0.530. The van der Waals surface area contributed by atoms with Crippen molar-refractivity contribution in [2.24, 2.45) is 0 Å². The highest BCUT2D eigenvalue weighted by Gasteiger charge is 1.91. The molecule has 0 atom stereocenters. The van der Waals surface area contributed by atoms with Gasteiger partial charge in [-0.3, -0.25) is 0 Å². The van der Waals surface area contributed by atoms with Gasteiger partial charge in [-0.15, -0.1) is 0 Å². The summed E-state index contributed by atoms with van der Waals surface area (Å²) in [6.07, 6.45) is 8.15. The van der Waals surface area contributed by atoms with Crippen LogP contribution in [0.25, 0.3) is 0 Å². The highest BCUT2D eigenvalue weighted by atomic mass is 32.2. The van der Waals surface area contributed by atoms with Crippen molar-refractivity contribution in [3.05, 3.63) is 0 Å². The van der Waals surface area contributed by atoms with E-state index in [9.17, 15) is 0 Å². The minimum absolute atomic E-state index is 1.18. The van der Waals surface area contributed by atoms with Gasteiger partial charge in [-0.1, -0.05) is 26.7 Å². The number of rotatable bonds is 11. The van der Waals surface area contributed by atoms with Crippen molar-refractivity contribution < 1.29 is 0 Å². The highest BCUT2D eigenvalue weighted by molar-refractivity contribution is 7.99. The van der Waals surface area contributed by atoms with Gasteiger partial charge in [0.25, 0.3) is 0 Å². The zero-order valence-electron chi connectivity index (χ0n) is 9.98. The maximum atomic E-state index is 3.44. The Labute approximate surface area is 94.4 Å². The molecule has 0 amide bonds. The molecular weight excluding hydrogens is 190 g/mol. The van der Waals surface area contributed by atoms with Gasteiger partial charge in [0, 0.05) is 0 Å². The molecule has 86 valence electrons. The maximum Gasteiger partial charge on any atom is -0.00486 e. The molecule has 0 radical (unpaired) electrons. The fourth-order valence-corrected chi connectivity index (χ4v) is 2.33. The van der Waals surface area contributed by atoms with Crippen LogP contribution in [0.2, 0.25) is 0 Å². The van der Waals surface area contributed by atoms with E-state index in [0.29, 0.717) is 0 Å². The first-order valence-corrected chi connectivity index (χ1v) is 7.35. The van der Waals surface area contributed by atoms with E-state index >= 15 is 0 Å². The molecule has 1 nitrogen and oxygen atoms in total. The van der Waals surface area contributed by atoms with E-state index in [4.69, 9.17) is 0 Å². The lowest BCUT2D eigenvalue weighted by atomic mass is 10.3. The second-order valence-corrected chi connectivity index (χ2v) is 5.00. The second kappa shape index (κ2) is 13.3. The van der Waals surface area contributed by atoms with Crippen LogP contribution in [0.3, 0.4) is 0 Å². The first-order valence-electron chi connectivity index (χ1n) is 6.20. The van der Waals surface area contributed by atoms with Crippen molar-refractivity contribution >= 4 is 11.8 Å². The molecule has 0 aliphatic rings. The molecule has 0 saturated heterocycles. The lowest BCUT2D eigenvalue weighted by molar-refractivity contribution is 0.635. The Morgan fingerprint density at radius 1 is 0.786 bits per heavy atom. The van der Waals surface area contributed by atoms with Crippen LogP contribution in [0.4, 0.5) is 0 Å². The van der Waals surface area contributed by atoms with Crippen molar-refractivity contribution in [1.82, 2.24) is 5.32 Å². The van der Waals surface area contributed by atoms with E-state index in [1.165, 1.54) is 63.1 Å². The molecule has 0 unspecified atom stereocenters. The summed E-state index contributed by atoms with van der Waals surface area (Å²) in [5.41, 5.74) is 0. The number of thioether (sulfide) groups is 1. The number of hydrogen-bond donors (Lipinski definition) is 1. The summed E-state index contributed by atoms with van der Waals surface area (Å²) in [4.78, 5) is 0. The summed E-state index contributed by atoms with van der Waals surface area (Å²) < 4.78 is 0. The molecule has 0 aromatic heterocycles. The van der Waals surface area contributed by atoms with Crippen LogP contribution in [0.5, 0.6) is 0 Å². The molecule has 2 heteroatoms. The Bertz CT molecular complexity index is 84.3. The number of nitrogens with one attached hydrogen (secondary N) is 1. The van der Waals surface area contributed by atoms with Gasteiger partial charge in [-0.2, -0.15) is 11.8 Å². The SMILES string of the molecule is CCCCCSCCCCNCCC.